The highest BCUT2D eigenvalue weighted by atomic mass is 16.6. The van der Waals surface area contributed by atoms with Gasteiger partial charge in [0.2, 0.25) is 0 Å². The minimum Gasteiger partial charge on any atom is -0.462 e. The summed E-state index contributed by atoms with van der Waals surface area (Å²) in [5.74, 6) is -1.05. The molecule has 0 aromatic carbocycles. The number of rotatable bonds is 57. The van der Waals surface area contributed by atoms with Crippen molar-refractivity contribution in [2.24, 2.45) is 0 Å². The van der Waals surface area contributed by atoms with Gasteiger partial charge in [0.1, 0.15) is 13.2 Å². The highest BCUT2D eigenvalue weighted by molar-refractivity contribution is 5.72. The molecule has 0 amide bonds. The molecular weight excluding hydrogens is 949 g/mol. The minimum atomic E-state index is -0.837. The third kappa shape index (κ3) is 62.5. The summed E-state index contributed by atoms with van der Waals surface area (Å²) in [6.45, 7) is 6.32. The second-order valence-corrected chi connectivity index (χ2v) is 20.9. The minimum absolute atomic E-state index is 0.0938. The first kappa shape index (κ1) is 72.8. The zero-order valence-electron chi connectivity index (χ0n) is 50.2. The van der Waals surface area contributed by atoms with Crippen molar-refractivity contribution in [2.45, 2.75) is 297 Å². The van der Waals surface area contributed by atoms with Crippen molar-refractivity contribution in [1.29, 1.82) is 0 Å². The van der Waals surface area contributed by atoms with Crippen molar-refractivity contribution in [3.05, 3.63) is 122 Å². The van der Waals surface area contributed by atoms with Gasteiger partial charge in [0.15, 0.2) is 6.10 Å². The van der Waals surface area contributed by atoms with Gasteiger partial charge in [0.05, 0.1) is 6.42 Å². The van der Waals surface area contributed by atoms with Crippen molar-refractivity contribution in [3.63, 3.8) is 0 Å². The van der Waals surface area contributed by atoms with Crippen LogP contribution in [0.15, 0.2) is 122 Å². The van der Waals surface area contributed by atoms with Crippen LogP contribution in [0.4, 0.5) is 0 Å². The summed E-state index contributed by atoms with van der Waals surface area (Å²) in [6.07, 6.45) is 89.6. The van der Waals surface area contributed by atoms with E-state index in [4.69, 9.17) is 14.2 Å². The topological polar surface area (TPSA) is 78.9 Å². The van der Waals surface area contributed by atoms with Crippen molar-refractivity contribution in [3.8, 4) is 0 Å². The lowest BCUT2D eigenvalue weighted by Gasteiger charge is -2.18. The maximum Gasteiger partial charge on any atom is 0.310 e. The van der Waals surface area contributed by atoms with Gasteiger partial charge < -0.3 is 14.2 Å². The zero-order chi connectivity index (χ0) is 55.7. The molecule has 0 heterocycles. The summed E-state index contributed by atoms with van der Waals surface area (Å²) in [4.78, 5) is 38.2. The maximum atomic E-state index is 12.8. The summed E-state index contributed by atoms with van der Waals surface area (Å²) in [7, 11) is 0. The van der Waals surface area contributed by atoms with E-state index >= 15 is 0 Å². The molecule has 77 heavy (non-hydrogen) atoms. The molecule has 0 spiro atoms. The average Bonchev–Trinajstić information content (AvgIpc) is 3.43. The van der Waals surface area contributed by atoms with Crippen molar-refractivity contribution in [1.82, 2.24) is 0 Å². The van der Waals surface area contributed by atoms with Crippen LogP contribution in [0.25, 0.3) is 0 Å². The van der Waals surface area contributed by atoms with Gasteiger partial charge in [-0.1, -0.05) is 284 Å². The van der Waals surface area contributed by atoms with Crippen LogP contribution in [0.5, 0.6) is 0 Å². The second kappa shape index (κ2) is 64.3. The third-order valence-corrected chi connectivity index (χ3v) is 13.5. The van der Waals surface area contributed by atoms with Crippen molar-refractivity contribution in [2.75, 3.05) is 13.2 Å². The molecule has 0 fully saturated rings. The molecule has 0 aliphatic rings. The van der Waals surface area contributed by atoms with Crippen LogP contribution in [-0.2, 0) is 28.6 Å². The Kier molecular flexibility index (Phi) is 60.8. The van der Waals surface area contributed by atoms with E-state index < -0.39 is 12.1 Å². The molecule has 438 valence electrons. The van der Waals surface area contributed by atoms with Gasteiger partial charge in [-0.05, 0) is 109 Å². The Labute approximate surface area is 475 Å². The van der Waals surface area contributed by atoms with E-state index in [-0.39, 0.29) is 31.6 Å². The fourth-order valence-electron chi connectivity index (χ4n) is 8.74. The third-order valence-electron chi connectivity index (χ3n) is 13.5. The average molecular weight is 1070 g/mol. The lowest BCUT2D eigenvalue weighted by molar-refractivity contribution is -0.166. The number of allylic oxidation sites excluding steroid dienone is 19. The van der Waals surface area contributed by atoms with E-state index in [1.807, 2.05) is 6.08 Å². The van der Waals surface area contributed by atoms with Crippen molar-refractivity contribution >= 4 is 17.9 Å². The largest absolute Gasteiger partial charge is 0.462 e. The number of hydrogen-bond donors (Lipinski definition) is 0. The SMILES string of the molecule is CC/C=C\C/C=C\C/C=C\C/C=C\C/C=C\CC(=O)OC(COC(=O)CCCCCCC/C=C\CCCCCC)COC(=O)CCCCCCCCCCCCCCCCCCCC/C=C\C/C=C\C/C=C\C/C=C\CC. The maximum absolute atomic E-state index is 12.8. The molecule has 6 nitrogen and oxygen atoms in total. The molecule has 0 bridgehead atoms. The Morgan fingerprint density at radius 1 is 0.286 bits per heavy atom. The number of carbonyl (C=O) groups excluding carboxylic acids is 3. The molecule has 1 unspecified atom stereocenters. The number of hydrogen-bond acceptors (Lipinski definition) is 6. The Bertz CT molecular complexity index is 1600. The van der Waals surface area contributed by atoms with Gasteiger partial charge in [-0.2, -0.15) is 0 Å². The van der Waals surface area contributed by atoms with Gasteiger partial charge >= 0.3 is 17.9 Å². The lowest BCUT2D eigenvalue weighted by Crippen LogP contribution is -2.30. The van der Waals surface area contributed by atoms with Crippen molar-refractivity contribution < 1.29 is 28.6 Å². The van der Waals surface area contributed by atoms with Gasteiger partial charge in [-0.15, -0.1) is 0 Å². The first-order valence-corrected chi connectivity index (χ1v) is 32.0. The molecule has 0 saturated heterocycles. The Morgan fingerprint density at radius 2 is 0.545 bits per heavy atom. The van der Waals surface area contributed by atoms with Gasteiger partial charge in [-0.25, -0.2) is 0 Å². The molecule has 0 radical (unpaired) electrons. The fraction of sp³-hybridized carbons (Fsp3) is 0.676. The first-order valence-electron chi connectivity index (χ1n) is 32.0. The Balaban J connectivity index is 4.25. The predicted octanol–water partition coefficient (Wildman–Crippen LogP) is 22.0. The summed E-state index contributed by atoms with van der Waals surface area (Å²) >= 11 is 0. The Morgan fingerprint density at radius 3 is 0.870 bits per heavy atom. The molecule has 0 aromatic heterocycles. The van der Waals surface area contributed by atoms with Crippen LogP contribution in [0.3, 0.4) is 0 Å². The monoisotopic (exact) mass is 1070 g/mol. The van der Waals surface area contributed by atoms with Crippen LogP contribution in [0.1, 0.15) is 290 Å². The number of ether oxygens (including phenoxy) is 3. The Hall–Kier alpha value is -4.19. The normalized spacial score (nSPS) is 12.9. The predicted molar refractivity (Wildman–Crippen MR) is 334 cm³/mol. The van der Waals surface area contributed by atoms with E-state index in [1.165, 1.54) is 141 Å². The fourth-order valence-corrected chi connectivity index (χ4v) is 8.74. The number of unbranched alkanes of at least 4 members (excludes halogenated alkanes) is 27. The highest BCUT2D eigenvalue weighted by Gasteiger charge is 2.19. The molecule has 0 aromatic rings. The lowest BCUT2D eigenvalue weighted by atomic mass is 10.0. The zero-order valence-corrected chi connectivity index (χ0v) is 50.2. The molecule has 1 atom stereocenters. The van der Waals surface area contributed by atoms with E-state index in [2.05, 4.69) is 130 Å². The highest BCUT2D eigenvalue weighted by Crippen LogP contribution is 2.16. The second-order valence-electron chi connectivity index (χ2n) is 20.9. The molecule has 6 heteroatoms. The van der Waals surface area contributed by atoms with Crippen LogP contribution >= 0.6 is 0 Å². The summed E-state index contributed by atoms with van der Waals surface area (Å²) in [5, 5.41) is 0. The van der Waals surface area contributed by atoms with E-state index in [0.29, 0.717) is 12.8 Å². The van der Waals surface area contributed by atoms with Crippen LogP contribution in [0, 0.1) is 0 Å². The molecule has 0 aliphatic heterocycles. The van der Waals surface area contributed by atoms with E-state index in [0.717, 1.165) is 109 Å². The molecule has 0 saturated carbocycles. The standard InChI is InChI=1S/C71H118O6/c1-4-7-10-13-16-19-22-25-27-28-29-30-31-32-33-34-35-36-37-38-39-40-41-42-44-46-49-52-55-58-61-64-70(73)76-67-68(66-75-69(72)63-60-57-54-51-48-45-24-21-18-15-12-9-6-3)77-71(74)65-62-59-56-53-50-47-43-26-23-20-17-14-11-8-5-2/h7-8,10-11,16-17,19-21,24-27,29-30,43,50,53,59,62,68H,4-6,9,12-15,18,22-23,28,31-42,44-49,51-52,54-58,60-61,63-67H2,1-3H3/b10-7-,11-8-,19-16-,20-17-,24-21-,27-25-,30-29-,43-26-,53-50-,62-59-. The molecular formula is C71H118O6. The summed E-state index contributed by atoms with van der Waals surface area (Å²) in [5.41, 5.74) is 0. The molecule has 0 N–H and O–H groups in total. The molecule has 0 aliphatic carbocycles. The van der Waals surface area contributed by atoms with Gasteiger partial charge in [0.25, 0.3) is 0 Å². The van der Waals surface area contributed by atoms with Crippen LogP contribution in [0.2, 0.25) is 0 Å². The van der Waals surface area contributed by atoms with E-state index in [1.54, 1.807) is 6.08 Å². The van der Waals surface area contributed by atoms with Gasteiger partial charge in [0, 0.05) is 12.8 Å². The van der Waals surface area contributed by atoms with E-state index in [9.17, 15) is 14.4 Å². The van der Waals surface area contributed by atoms with Crippen LogP contribution in [-0.4, -0.2) is 37.2 Å². The summed E-state index contributed by atoms with van der Waals surface area (Å²) in [6, 6.07) is 0. The quantitative estimate of drug-likeness (QED) is 0.0261. The molecule has 0 rings (SSSR count). The van der Waals surface area contributed by atoms with Crippen LogP contribution < -0.4 is 0 Å². The first-order chi connectivity index (χ1) is 38.0. The van der Waals surface area contributed by atoms with Gasteiger partial charge in [-0.3, -0.25) is 14.4 Å². The summed E-state index contributed by atoms with van der Waals surface area (Å²) < 4.78 is 16.8. The smallest absolute Gasteiger partial charge is 0.310 e. The number of esters is 3. The number of carbonyl (C=O) groups is 3.